The molecule has 0 bridgehead atoms. The van der Waals surface area contributed by atoms with E-state index in [1.807, 2.05) is 84.9 Å². The van der Waals surface area contributed by atoms with Crippen LogP contribution in [0, 0.1) is 0 Å². The van der Waals surface area contributed by atoms with Crippen LogP contribution in [0.2, 0.25) is 0 Å². The van der Waals surface area contributed by atoms with Crippen LogP contribution >= 0.6 is 23.5 Å². The third-order valence-corrected chi connectivity index (χ3v) is 7.96. The molecule has 2 heterocycles. The number of hydrogen-bond acceptors (Lipinski definition) is 4. The Hall–Kier alpha value is -4.00. The molecule has 174 valence electrons. The molecule has 0 atom stereocenters. The molecule has 0 fully saturated rings. The Morgan fingerprint density at radius 1 is 0.417 bits per heavy atom. The van der Waals surface area contributed by atoms with Crippen molar-refractivity contribution in [1.29, 1.82) is 0 Å². The van der Waals surface area contributed by atoms with Gasteiger partial charge in [0, 0.05) is 19.6 Å². The number of nitrogens with one attached hydrogen (secondary N) is 2. The van der Waals surface area contributed by atoms with Gasteiger partial charge in [0.15, 0.2) is 0 Å². The first-order valence-corrected chi connectivity index (χ1v) is 13.1. The first-order chi connectivity index (χ1) is 17.7. The molecule has 2 amide bonds. The largest absolute Gasteiger partial charge is 0.321 e. The summed E-state index contributed by atoms with van der Waals surface area (Å²) in [6.07, 6.45) is 0. The van der Waals surface area contributed by atoms with Crippen LogP contribution in [0.4, 0.5) is 0 Å². The Morgan fingerprint density at radius 3 is 1.11 bits per heavy atom. The highest BCUT2D eigenvalue weighted by Gasteiger charge is 2.40. The Labute approximate surface area is 217 Å². The monoisotopic (exact) mass is 504 g/mol. The standard InChI is InChI=1S/C30H20N2O2S2/c33-29-25-26(28(32-29)20-13-17-24(18-14-20)36-22-9-5-2-6-10-22)30(34)31-27(25)19-11-15-23(16-12-19)35-21-7-3-1-4-8-21/h1-18H,(H,31,34)(H,32,33). The van der Waals surface area contributed by atoms with Crippen LogP contribution in [0.5, 0.6) is 0 Å². The van der Waals surface area contributed by atoms with Crippen LogP contribution < -0.4 is 10.6 Å². The van der Waals surface area contributed by atoms with E-state index in [0.29, 0.717) is 22.5 Å². The van der Waals surface area contributed by atoms with Crippen molar-refractivity contribution in [2.75, 3.05) is 0 Å². The predicted octanol–water partition coefficient (Wildman–Crippen LogP) is 6.37. The van der Waals surface area contributed by atoms with Crippen molar-refractivity contribution >= 4 is 46.7 Å². The average molecular weight is 505 g/mol. The van der Waals surface area contributed by atoms with E-state index >= 15 is 0 Å². The lowest BCUT2D eigenvalue weighted by Crippen LogP contribution is -2.21. The first-order valence-electron chi connectivity index (χ1n) is 11.4. The molecule has 6 heteroatoms. The smallest absolute Gasteiger partial charge is 0.258 e. The minimum absolute atomic E-state index is 0.265. The normalized spacial score (nSPS) is 14.7. The summed E-state index contributed by atoms with van der Waals surface area (Å²) in [7, 11) is 0. The Kier molecular flexibility index (Phi) is 5.97. The van der Waals surface area contributed by atoms with Crippen molar-refractivity contribution in [1.82, 2.24) is 10.6 Å². The van der Waals surface area contributed by atoms with Crippen LogP contribution in [0.15, 0.2) is 140 Å². The van der Waals surface area contributed by atoms with Gasteiger partial charge in [0.25, 0.3) is 11.8 Å². The Morgan fingerprint density at radius 2 is 0.750 bits per heavy atom. The minimum atomic E-state index is -0.265. The lowest BCUT2D eigenvalue weighted by molar-refractivity contribution is -0.117. The van der Waals surface area contributed by atoms with E-state index in [1.54, 1.807) is 23.5 Å². The Balaban J connectivity index is 1.28. The zero-order valence-corrected chi connectivity index (χ0v) is 20.7. The summed E-state index contributed by atoms with van der Waals surface area (Å²) >= 11 is 3.33. The average Bonchev–Trinajstić information content (AvgIpc) is 3.44. The molecule has 2 aliphatic heterocycles. The molecule has 2 aliphatic rings. The van der Waals surface area contributed by atoms with E-state index in [1.165, 1.54) is 0 Å². The lowest BCUT2D eigenvalue weighted by atomic mass is 10.0. The molecular formula is C30H20N2O2S2. The molecule has 36 heavy (non-hydrogen) atoms. The van der Waals surface area contributed by atoms with Gasteiger partial charge in [-0.15, -0.1) is 0 Å². The van der Waals surface area contributed by atoms with Crippen molar-refractivity contribution in [2.45, 2.75) is 19.6 Å². The molecule has 6 rings (SSSR count). The van der Waals surface area contributed by atoms with Gasteiger partial charge in [0.1, 0.15) is 0 Å². The molecule has 2 N–H and O–H groups in total. The minimum Gasteiger partial charge on any atom is -0.321 e. The maximum Gasteiger partial charge on any atom is 0.258 e. The molecule has 0 aromatic heterocycles. The van der Waals surface area contributed by atoms with E-state index in [-0.39, 0.29) is 11.8 Å². The van der Waals surface area contributed by atoms with Crippen molar-refractivity contribution in [3.8, 4) is 0 Å². The van der Waals surface area contributed by atoms with E-state index in [0.717, 1.165) is 30.7 Å². The van der Waals surface area contributed by atoms with Crippen LogP contribution in [0.25, 0.3) is 11.4 Å². The summed E-state index contributed by atoms with van der Waals surface area (Å²) < 4.78 is 0. The number of amides is 2. The topological polar surface area (TPSA) is 58.2 Å². The number of rotatable bonds is 6. The van der Waals surface area contributed by atoms with Crippen molar-refractivity contribution in [2.24, 2.45) is 0 Å². The molecule has 4 aromatic rings. The second-order valence-electron chi connectivity index (χ2n) is 8.29. The summed E-state index contributed by atoms with van der Waals surface area (Å²) in [5.74, 6) is -0.530. The summed E-state index contributed by atoms with van der Waals surface area (Å²) in [6.45, 7) is 0. The lowest BCUT2D eigenvalue weighted by Gasteiger charge is -2.09. The van der Waals surface area contributed by atoms with Crippen LogP contribution in [-0.2, 0) is 9.59 Å². The fourth-order valence-corrected chi connectivity index (χ4v) is 5.92. The second-order valence-corrected chi connectivity index (χ2v) is 10.6. The zero-order valence-electron chi connectivity index (χ0n) is 19.0. The van der Waals surface area contributed by atoms with Gasteiger partial charge in [0.2, 0.25) is 0 Å². The van der Waals surface area contributed by atoms with Gasteiger partial charge < -0.3 is 10.6 Å². The molecule has 0 aliphatic carbocycles. The fraction of sp³-hybridized carbons (Fsp3) is 0. The molecular weight excluding hydrogens is 484 g/mol. The van der Waals surface area contributed by atoms with E-state index in [4.69, 9.17) is 0 Å². The molecule has 0 spiro atoms. The number of benzene rings is 4. The summed E-state index contributed by atoms with van der Waals surface area (Å²) in [6, 6.07) is 36.1. The number of fused-ring (bicyclic) bond motifs is 1. The predicted molar refractivity (Wildman–Crippen MR) is 144 cm³/mol. The molecule has 4 aromatic carbocycles. The number of carbonyl (C=O) groups is 2. The maximum absolute atomic E-state index is 13.0. The summed E-state index contributed by atoms with van der Waals surface area (Å²) in [4.78, 5) is 30.4. The third-order valence-electron chi connectivity index (χ3n) is 5.92. The van der Waals surface area contributed by atoms with Gasteiger partial charge in [-0.05, 0) is 59.7 Å². The van der Waals surface area contributed by atoms with Gasteiger partial charge >= 0.3 is 0 Å². The molecule has 0 unspecified atom stereocenters. The van der Waals surface area contributed by atoms with Gasteiger partial charge in [-0.1, -0.05) is 84.2 Å². The van der Waals surface area contributed by atoms with Crippen molar-refractivity contribution in [3.05, 3.63) is 131 Å². The van der Waals surface area contributed by atoms with E-state index < -0.39 is 0 Å². The second kappa shape index (κ2) is 9.57. The fourth-order valence-electron chi connectivity index (χ4n) is 4.24. The van der Waals surface area contributed by atoms with Crippen LogP contribution in [0.3, 0.4) is 0 Å². The highest BCUT2D eigenvalue weighted by atomic mass is 32.2. The molecule has 0 saturated carbocycles. The summed E-state index contributed by atoms with van der Waals surface area (Å²) in [5.41, 5.74) is 3.51. The molecule has 0 radical (unpaired) electrons. The first kappa shape index (κ1) is 22.5. The van der Waals surface area contributed by atoms with Crippen molar-refractivity contribution in [3.63, 3.8) is 0 Å². The van der Waals surface area contributed by atoms with Gasteiger partial charge in [-0.3, -0.25) is 9.59 Å². The van der Waals surface area contributed by atoms with E-state index in [9.17, 15) is 9.59 Å². The third kappa shape index (κ3) is 4.37. The quantitative estimate of drug-likeness (QED) is 0.320. The van der Waals surface area contributed by atoms with Gasteiger partial charge in [0.05, 0.1) is 22.5 Å². The highest BCUT2D eigenvalue weighted by molar-refractivity contribution is 7.99. The highest BCUT2D eigenvalue weighted by Crippen LogP contribution is 2.38. The van der Waals surface area contributed by atoms with E-state index in [2.05, 4.69) is 34.9 Å². The summed E-state index contributed by atoms with van der Waals surface area (Å²) in [5, 5.41) is 5.85. The zero-order chi connectivity index (χ0) is 24.5. The number of hydrogen-bond donors (Lipinski definition) is 2. The SMILES string of the molecule is O=C1NC(c2ccc(Sc3ccccc3)cc2)=C2C(=O)NC(c3ccc(Sc4ccccc4)cc3)=C12. The molecule has 0 saturated heterocycles. The van der Waals surface area contributed by atoms with Crippen LogP contribution in [-0.4, -0.2) is 11.8 Å². The number of carbonyl (C=O) groups excluding carboxylic acids is 2. The van der Waals surface area contributed by atoms with Crippen molar-refractivity contribution < 1.29 is 9.59 Å². The van der Waals surface area contributed by atoms with Gasteiger partial charge in [-0.25, -0.2) is 0 Å². The van der Waals surface area contributed by atoms with Crippen LogP contribution in [0.1, 0.15) is 11.1 Å². The van der Waals surface area contributed by atoms with Gasteiger partial charge in [-0.2, -0.15) is 0 Å². The Bertz CT molecular complexity index is 1410. The molecule has 4 nitrogen and oxygen atoms in total. The maximum atomic E-state index is 13.0.